The molecule has 0 aliphatic heterocycles. The lowest BCUT2D eigenvalue weighted by atomic mass is 10.00. The molecule has 0 aromatic carbocycles. The first-order valence-corrected chi connectivity index (χ1v) is 4.85. The van der Waals surface area contributed by atoms with E-state index in [1.54, 1.807) is 0 Å². The molecule has 1 aromatic heterocycles. The molecule has 9 heteroatoms. The number of nitrogens with two attached hydrogens (primary N) is 1. The maximum Gasteiger partial charge on any atom is 0.435 e. The summed E-state index contributed by atoms with van der Waals surface area (Å²) < 4.78 is 63.6. The van der Waals surface area contributed by atoms with Crippen LogP contribution in [-0.4, -0.2) is 22.8 Å². The monoisotopic (exact) mass is 277 g/mol. The molecular weight excluding hydrogens is 269 g/mol. The maximum atomic E-state index is 12.6. The number of aryl methyl sites for hydroxylation is 1. The van der Waals surface area contributed by atoms with Crippen molar-refractivity contribution in [3.8, 4) is 0 Å². The Morgan fingerprint density at radius 1 is 1.41 bits per heavy atom. The van der Waals surface area contributed by atoms with Gasteiger partial charge in [0.05, 0.1) is 5.92 Å². The molecule has 0 saturated carbocycles. The highest BCUT2D eigenvalue weighted by molar-refractivity contribution is 6.30. The molecular formula is C8H9ClF5N3. The van der Waals surface area contributed by atoms with Crippen LogP contribution in [0.3, 0.4) is 0 Å². The number of alkyl halides is 5. The normalized spacial score (nSPS) is 14.4. The Morgan fingerprint density at radius 3 is 2.29 bits per heavy atom. The minimum absolute atomic E-state index is 0.479. The van der Waals surface area contributed by atoms with Gasteiger partial charge in [0.1, 0.15) is 5.15 Å². The van der Waals surface area contributed by atoms with Crippen molar-refractivity contribution < 1.29 is 22.0 Å². The van der Waals surface area contributed by atoms with E-state index in [4.69, 9.17) is 17.3 Å². The lowest BCUT2D eigenvalue weighted by Gasteiger charge is -2.15. The molecule has 0 aliphatic rings. The number of halogens is 6. The summed E-state index contributed by atoms with van der Waals surface area (Å²) in [6, 6.07) is 0. The van der Waals surface area contributed by atoms with Crippen LogP contribution in [0.2, 0.25) is 5.15 Å². The predicted molar refractivity (Wildman–Crippen MR) is 51.0 cm³/mol. The van der Waals surface area contributed by atoms with E-state index in [9.17, 15) is 22.0 Å². The van der Waals surface area contributed by atoms with Crippen LogP contribution in [0.4, 0.5) is 22.0 Å². The van der Waals surface area contributed by atoms with E-state index in [0.717, 1.165) is 7.05 Å². The van der Waals surface area contributed by atoms with Crippen LogP contribution in [0.1, 0.15) is 17.2 Å². The summed E-state index contributed by atoms with van der Waals surface area (Å²) in [5.41, 5.74) is 2.89. The van der Waals surface area contributed by atoms with Gasteiger partial charge in [-0.05, 0) is 0 Å². The molecule has 1 rings (SSSR count). The fraction of sp³-hybridized carbons (Fsp3) is 0.625. The van der Waals surface area contributed by atoms with Gasteiger partial charge >= 0.3 is 6.18 Å². The molecule has 0 bridgehead atoms. The van der Waals surface area contributed by atoms with Crippen LogP contribution in [0.5, 0.6) is 0 Å². The molecule has 98 valence electrons. The average Bonchev–Trinajstić information content (AvgIpc) is 2.46. The van der Waals surface area contributed by atoms with Crippen LogP contribution in [0.15, 0.2) is 0 Å². The van der Waals surface area contributed by atoms with Crippen molar-refractivity contribution in [1.82, 2.24) is 9.78 Å². The van der Waals surface area contributed by atoms with Crippen LogP contribution in [0.25, 0.3) is 0 Å². The Labute approximate surface area is 98.3 Å². The van der Waals surface area contributed by atoms with Crippen molar-refractivity contribution in [3.05, 3.63) is 16.4 Å². The first-order chi connectivity index (χ1) is 7.70. The zero-order valence-electron chi connectivity index (χ0n) is 8.60. The summed E-state index contributed by atoms with van der Waals surface area (Å²) in [6.45, 7) is -0.647. The van der Waals surface area contributed by atoms with Crippen molar-refractivity contribution >= 4 is 11.6 Å². The summed E-state index contributed by atoms with van der Waals surface area (Å²) in [7, 11) is 1.14. The predicted octanol–water partition coefficient (Wildman–Crippen LogP) is 2.40. The Balaban J connectivity index is 3.39. The van der Waals surface area contributed by atoms with Crippen molar-refractivity contribution in [3.63, 3.8) is 0 Å². The molecule has 0 aliphatic carbocycles. The Bertz CT molecular complexity index is 401. The minimum Gasteiger partial charge on any atom is -0.330 e. The largest absolute Gasteiger partial charge is 0.435 e. The molecule has 3 nitrogen and oxygen atoms in total. The fourth-order valence-corrected chi connectivity index (χ4v) is 1.67. The number of hydrogen-bond donors (Lipinski definition) is 1. The molecule has 0 saturated heterocycles. The highest BCUT2D eigenvalue weighted by Crippen LogP contribution is 2.39. The quantitative estimate of drug-likeness (QED) is 0.862. The van der Waals surface area contributed by atoms with Crippen LogP contribution in [-0.2, 0) is 13.2 Å². The SMILES string of the molecule is Cn1nc(C(F)(F)F)c(C(CN)C(F)F)c1Cl. The molecule has 1 atom stereocenters. The van der Waals surface area contributed by atoms with E-state index in [1.807, 2.05) is 0 Å². The molecule has 17 heavy (non-hydrogen) atoms. The van der Waals surface area contributed by atoms with Crippen LogP contribution in [0, 0.1) is 0 Å². The lowest BCUT2D eigenvalue weighted by molar-refractivity contribution is -0.142. The van der Waals surface area contributed by atoms with Crippen molar-refractivity contribution in [2.45, 2.75) is 18.5 Å². The molecule has 1 unspecified atom stereocenters. The van der Waals surface area contributed by atoms with Gasteiger partial charge in [-0.2, -0.15) is 18.3 Å². The topological polar surface area (TPSA) is 43.8 Å². The van der Waals surface area contributed by atoms with E-state index < -0.39 is 41.5 Å². The van der Waals surface area contributed by atoms with Gasteiger partial charge in [0.15, 0.2) is 5.69 Å². The molecule has 1 aromatic rings. The molecule has 0 amide bonds. The third kappa shape index (κ3) is 2.68. The minimum atomic E-state index is -4.84. The standard InChI is InChI=1S/C8H9ClF5N3/c1-17-6(9)4(3(2-15)7(10)11)5(16-17)8(12,13)14/h3,7H,2,15H2,1H3. The van der Waals surface area contributed by atoms with E-state index in [-0.39, 0.29) is 0 Å². The second kappa shape index (κ2) is 4.77. The third-order valence-corrected chi connectivity index (χ3v) is 2.66. The third-order valence-electron chi connectivity index (χ3n) is 2.21. The van der Waals surface area contributed by atoms with Gasteiger partial charge in [-0.25, -0.2) is 8.78 Å². The lowest BCUT2D eigenvalue weighted by Crippen LogP contribution is -2.23. The second-order valence-electron chi connectivity index (χ2n) is 3.35. The Morgan fingerprint density at radius 2 is 1.94 bits per heavy atom. The number of aromatic nitrogens is 2. The smallest absolute Gasteiger partial charge is 0.330 e. The van der Waals surface area contributed by atoms with Crippen LogP contribution >= 0.6 is 11.6 Å². The van der Waals surface area contributed by atoms with E-state index >= 15 is 0 Å². The first kappa shape index (κ1) is 14.2. The summed E-state index contributed by atoms with van der Waals surface area (Å²) in [5.74, 6) is -1.78. The van der Waals surface area contributed by atoms with Crippen molar-refractivity contribution in [2.75, 3.05) is 6.54 Å². The van der Waals surface area contributed by atoms with Gasteiger partial charge < -0.3 is 5.73 Å². The van der Waals surface area contributed by atoms with E-state index in [1.165, 1.54) is 0 Å². The highest BCUT2D eigenvalue weighted by Gasteiger charge is 2.42. The average molecular weight is 278 g/mol. The molecule has 2 N–H and O–H groups in total. The molecule has 0 fully saturated rings. The van der Waals surface area contributed by atoms with Gasteiger partial charge in [-0.3, -0.25) is 4.68 Å². The summed E-state index contributed by atoms with van der Waals surface area (Å²) in [5, 5.41) is 2.62. The highest BCUT2D eigenvalue weighted by atomic mass is 35.5. The van der Waals surface area contributed by atoms with Crippen molar-refractivity contribution in [1.29, 1.82) is 0 Å². The van der Waals surface area contributed by atoms with Gasteiger partial charge in [0.25, 0.3) is 0 Å². The molecule has 0 radical (unpaired) electrons. The number of rotatable bonds is 3. The van der Waals surface area contributed by atoms with Crippen molar-refractivity contribution in [2.24, 2.45) is 12.8 Å². The van der Waals surface area contributed by atoms with Gasteiger partial charge in [0, 0.05) is 19.2 Å². The van der Waals surface area contributed by atoms with Gasteiger partial charge in [0.2, 0.25) is 6.43 Å². The van der Waals surface area contributed by atoms with Crippen LogP contribution < -0.4 is 5.73 Å². The molecule has 1 heterocycles. The Hall–Kier alpha value is -0.890. The number of hydrogen-bond acceptors (Lipinski definition) is 2. The Kier molecular flexibility index (Phi) is 3.98. The summed E-state index contributed by atoms with van der Waals surface area (Å²) >= 11 is 5.55. The van der Waals surface area contributed by atoms with Gasteiger partial charge in [-0.1, -0.05) is 11.6 Å². The fourth-order valence-electron chi connectivity index (χ4n) is 1.40. The maximum absolute atomic E-state index is 12.6. The van der Waals surface area contributed by atoms with E-state index in [0.29, 0.717) is 4.68 Å². The zero-order valence-corrected chi connectivity index (χ0v) is 9.36. The number of nitrogens with zero attached hydrogens (tertiary/aromatic N) is 2. The van der Waals surface area contributed by atoms with E-state index in [2.05, 4.69) is 5.10 Å². The summed E-state index contributed by atoms with van der Waals surface area (Å²) in [4.78, 5) is 0. The first-order valence-electron chi connectivity index (χ1n) is 4.48. The molecule has 0 spiro atoms. The summed E-state index contributed by atoms with van der Waals surface area (Å²) in [6.07, 6.45) is -7.88. The zero-order chi connectivity index (χ0) is 13.4. The van der Waals surface area contributed by atoms with Gasteiger partial charge in [-0.15, -0.1) is 0 Å². The second-order valence-corrected chi connectivity index (χ2v) is 3.71.